The largest absolute Gasteiger partial charge is 0.411 e. The van der Waals surface area contributed by atoms with Gasteiger partial charge in [0.2, 0.25) is 5.91 Å². The maximum absolute atomic E-state index is 11.7. The number of alkyl halides is 4. The van der Waals surface area contributed by atoms with Crippen molar-refractivity contribution in [3.63, 3.8) is 0 Å². The molecule has 1 fully saturated rings. The van der Waals surface area contributed by atoms with Crippen LogP contribution >= 0.6 is 11.6 Å². The normalized spacial score (nSPS) is 17.9. The molecule has 1 aliphatic carbocycles. The number of halogens is 4. The number of carbonyl (C=O) groups excluding carboxylic acids is 1. The second kappa shape index (κ2) is 5.91. The molecule has 1 amide bonds. The van der Waals surface area contributed by atoms with Gasteiger partial charge in [0.05, 0.1) is 0 Å². The molecule has 0 aromatic heterocycles. The van der Waals surface area contributed by atoms with Crippen LogP contribution in [0.5, 0.6) is 0 Å². The Morgan fingerprint density at radius 3 is 2.53 bits per heavy atom. The van der Waals surface area contributed by atoms with Crippen LogP contribution in [0.25, 0.3) is 0 Å². The Morgan fingerprint density at radius 1 is 1.41 bits per heavy atom. The molecular weight excluding hydrogens is 259 g/mol. The highest BCUT2D eigenvalue weighted by Gasteiger charge is 2.41. The Bertz CT molecular complexity index is 267. The van der Waals surface area contributed by atoms with Gasteiger partial charge in [-0.1, -0.05) is 0 Å². The Balaban J connectivity index is 2.10. The summed E-state index contributed by atoms with van der Waals surface area (Å²) < 4.78 is 39.4. The lowest BCUT2D eigenvalue weighted by Crippen LogP contribution is -2.34. The van der Waals surface area contributed by atoms with E-state index in [1.54, 1.807) is 0 Å². The predicted molar refractivity (Wildman–Crippen MR) is 56.9 cm³/mol. The maximum Gasteiger partial charge on any atom is 0.411 e. The highest BCUT2D eigenvalue weighted by atomic mass is 35.5. The van der Waals surface area contributed by atoms with Crippen molar-refractivity contribution >= 4 is 17.5 Å². The summed E-state index contributed by atoms with van der Waals surface area (Å²) in [5.41, 5.74) is 0.0709. The molecule has 1 saturated carbocycles. The Hall–Kier alpha value is -0.490. The fourth-order valence-electron chi connectivity index (χ4n) is 1.49. The van der Waals surface area contributed by atoms with Crippen LogP contribution in [0.2, 0.25) is 0 Å². The van der Waals surface area contributed by atoms with Gasteiger partial charge < -0.3 is 10.1 Å². The second-order valence-corrected chi connectivity index (χ2v) is 4.70. The Kier molecular flexibility index (Phi) is 5.06. The number of amides is 1. The van der Waals surface area contributed by atoms with E-state index in [4.69, 9.17) is 11.6 Å². The lowest BCUT2D eigenvalue weighted by molar-refractivity contribution is -0.175. The fraction of sp³-hybridized carbons (Fsp3) is 0.900. The van der Waals surface area contributed by atoms with Crippen molar-refractivity contribution in [3.8, 4) is 0 Å². The van der Waals surface area contributed by atoms with E-state index in [-0.39, 0.29) is 5.41 Å². The van der Waals surface area contributed by atoms with Gasteiger partial charge in [0.15, 0.2) is 0 Å². The molecular formula is C10H15ClF3NO2. The average molecular weight is 274 g/mol. The molecule has 1 N–H and O–H groups in total. The van der Waals surface area contributed by atoms with E-state index in [2.05, 4.69) is 10.1 Å². The van der Waals surface area contributed by atoms with Gasteiger partial charge in [-0.05, 0) is 24.7 Å². The summed E-state index contributed by atoms with van der Waals surface area (Å²) in [6.45, 7) is -1.49. The van der Waals surface area contributed by atoms with Crippen LogP contribution in [0.4, 0.5) is 13.2 Å². The van der Waals surface area contributed by atoms with Gasteiger partial charge in [0.1, 0.15) is 13.2 Å². The van der Waals surface area contributed by atoms with Crippen molar-refractivity contribution < 1.29 is 22.7 Å². The van der Waals surface area contributed by atoms with Gasteiger partial charge in [-0.3, -0.25) is 4.79 Å². The summed E-state index contributed by atoms with van der Waals surface area (Å²) in [7, 11) is 0. The third kappa shape index (κ3) is 6.12. The number of rotatable bonds is 7. The summed E-state index contributed by atoms with van der Waals surface area (Å²) in [5, 5.41) is 2.57. The van der Waals surface area contributed by atoms with E-state index in [0.29, 0.717) is 12.4 Å². The molecule has 0 aromatic carbocycles. The molecule has 0 spiro atoms. The van der Waals surface area contributed by atoms with Crippen LogP contribution in [-0.4, -0.2) is 37.7 Å². The van der Waals surface area contributed by atoms with Crippen LogP contribution < -0.4 is 5.32 Å². The molecule has 0 radical (unpaired) electrons. The molecule has 0 bridgehead atoms. The zero-order chi connectivity index (χ0) is 12.9. The lowest BCUT2D eigenvalue weighted by atomic mass is 10.0. The van der Waals surface area contributed by atoms with E-state index in [0.717, 1.165) is 19.3 Å². The quantitative estimate of drug-likeness (QED) is 0.722. The van der Waals surface area contributed by atoms with Crippen LogP contribution in [0.1, 0.15) is 19.3 Å². The summed E-state index contributed by atoms with van der Waals surface area (Å²) in [6.07, 6.45) is -1.57. The first-order chi connectivity index (χ1) is 7.87. The molecule has 0 saturated heterocycles. The first-order valence-electron chi connectivity index (χ1n) is 5.34. The van der Waals surface area contributed by atoms with Crippen molar-refractivity contribution in [3.05, 3.63) is 0 Å². The number of hydrogen-bond acceptors (Lipinski definition) is 2. The van der Waals surface area contributed by atoms with Crippen LogP contribution in [0.15, 0.2) is 0 Å². The summed E-state index contributed by atoms with van der Waals surface area (Å²) >= 11 is 5.61. The first kappa shape index (κ1) is 14.6. The van der Waals surface area contributed by atoms with Crippen molar-refractivity contribution in [1.82, 2.24) is 5.32 Å². The average Bonchev–Trinajstić information content (AvgIpc) is 2.94. The minimum atomic E-state index is -4.39. The summed E-state index contributed by atoms with van der Waals surface area (Å²) in [6, 6.07) is 0. The van der Waals surface area contributed by atoms with Crippen LogP contribution in [0, 0.1) is 5.41 Å². The number of carbonyl (C=O) groups is 1. The second-order valence-electron chi connectivity index (χ2n) is 4.32. The Labute approximate surface area is 103 Å². The van der Waals surface area contributed by atoms with Gasteiger partial charge in [-0.15, -0.1) is 11.6 Å². The number of nitrogens with one attached hydrogen (secondary N) is 1. The molecule has 17 heavy (non-hydrogen) atoms. The molecule has 0 unspecified atom stereocenters. The molecule has 0 atom stereocenters. The van der Waals surface area contributed by atoms with E-state index in [1.165, 1.54) is 0 Å². The lowest BCUT2D eigenvalue weighted by Gasteiger charge is -2.14. The van der Waals surface area contributed by atoms with Crippen LogP contribution in [0.3, 0.4) is 0 Å². The molecule has 0 aromatic rings. The smallest absolute Gasteiger partial charge is 0.362 e. The number of ether oxygens (including phenoxy) is 1. The summed E-state index contributed by atoms with van der Waals surface area (Å²) in [4.78, 5) is 11.2. The third-order valence-electron chi connectivity index (χ3n) is 2.74. The zero-order valence-electron chi connectivity index (χ0n) is 9.28. The maximum atomic E-state index is 11.7. The van der Waals surface area contributed by atoms with Crippen LogP contribution in [-0.2, 0) is 9.53 Å². The third-order valence-corrected chi connectivity index (χ3v) is 2.93. The standard InChI is InChI=1S/C10H15ClF3NO2/c11-4-3-9(1-2-9)6-15-8(16)5-17-7-10(12,13)14/h1-7H2,(H,15,16). The van der Waals surface area contributed by atoms with E-state index in [9.17, 15) is 18.0 Å². The van der Waals surface area contributed by atoms with Gasteiger partial charge in [0.25, 0.3) is 0 Å². The molecule has 7 heteroatoms. The predicted octanol–water partition coefficient (Wildman–Crippen LogP) is 2.09. The molecule has 0 heterocycles. The van der Waals surface area contributed by atoms with E-state index >= 15 is 0 Å². The summed E-state index contributed by atoms with van der Waals surface area (Å²) in [5.74, 6) is 0.00979. The van der Waals surface area contributed by atoms with E-state index in [1.807, 2.05) is 0 Å². The molecule has 3 nitrogen and oxygen atoms in total. The van der Waals surface area contributed by atoms with Crippen molar-refractivity contribution in [2.45, 2.75) is 25.4 Å². The van der Waals surface area contributed by atoms with Crippen molar-refractivity contribution in [2.24, 2.45) is 5.41 Å². The fourth-order valence-corrected chi connectivity index (χ4v) is 1.89. The molecule has 1 aliphatic rings. The Morgan fingerprint density at radius 2 is 2.06 bits per heavy atom. The van der Waals surface area contributed by atoms with Crippen molar-refractivity contribution in [2.75, 3.05) is 25.6 Å². The van der Waals surface area contributed by atoms with E-state index < -0.39 is 25.3 Å². The topological polar surface area (TPSA) is 38.3 Å². The molecule has 0 aliphatic heterocycles. The number of hydrogen-bond donors (Lipinski definition) is 1. The molecule has 100 valence electrons. The first-order valence-corrected chi connectivity index (χ1v) is 5.88. The zero-order valence-corrected chi connectivity index (χ0v) is 10.0. The minimum absolute atomic E-state index is 0.0709. The minimum Gasteiger partial charge on any atom is -0.362 e. The monoisotopic (exact) mass is 273 g/mol. The van der Waals surface area contributed by atoms with Gasteiger partial charge >= 0.3 is 6.18 Å². The van der Waals surface area contributed by atoms with Gasteiger partial charge in [0, 0.05) is 12.4 Å². The van der Waals surface area contributed by atoms with Gasteiger partial charge in [-0.25, -0.2) is 0 Å². The highest BCUT2D eigenvalue weighted by Crippen LogP contribution is 2.48. The van der Waals surface area contributed by atoms with Crippen molar-refractivity contribution in [1.29, 1.82) is 0 Å². The molecule has 1 rings (SSSR count). The SMILES string of the molecule is O=C(COCC(F)(F)F)NCC1(CCCl)CC1. The highest BCUT2D eigenvalue weighted by molar-refractivity contribution is 6.17. The van der Waals surface area contributed by atoms with Gasteiger partial charge in [-0.2, -0.15) is 13.2 Å².